The summed E-state index contributed by atoms with van der Waals surface area (Å²) >= 11 is 7.75. The fourth-order valence-electron chi connectivity index (χ4n) is 1.52. The molecule has 2 aromatic carbocycles. The molecule has 0 radical (unpaired) electrons. The summed E-state index contributed by atoms with van der Waals surface area (Å²) in [7, 11) is 0. The van der Waals surface area contributed by atoms with Crippen molar-refractivity contribution in [2.75, 3.05) is 12.4 Å². The second-order valence-electron chi connectivity index (χ2n) is 3.77. The highest BCUT2D eigenvalue weighted by molar-refractivity contribution is 7.99. The molecule has 19 heavy (non-hydrogen) atoms. The molecular weight excluding hydrogens is 278 g/mol. The van der Waals surface area contributed by atoms with Gasteiger partial charge >= 0.3 is 0 Å². The molecule has 0 fully saturated rings. The number of hydrogen-bond acceptors (Lipinski definition) is 3. The Kier molecular flexibility index (Phi) is 5.14. The van der Waals surface area contributed by atoms with E-state index < -0.39 is 0 Å². The average molecular weight is 290 g/mol. The van der Waals surface area contributed by atoms with Gasteiger partial charge in [-0.1, -0.05) is 29.8 Å². The highest BCUT2D eigenvalue weighted by Gasteiger charge is 2.03. The topological polar surface area (TPSA) is 33.0 Å². The molecule has 2 aromatic rings. The first-order chi connectivity index (χ1) is 9.29. The quantitative estimate of drug-likeness (QED) is 0.605. The predicted octanol–water partition coefficient (Wildman–Crippen LogP) is 4.38. The Balaban J connectivity index is 1.82. The monoisotopic (exact) mass is 289 g/mol. The molecule has 0 atom stereocenters. The van der Waals surface area contributed by atoms with Crippen LogP contribution in [0.25, 0.3) is 0 Å². The summed E-state index contributed by atoms with van der Waals surface area (Å²) in [5.74, 6) is 1.47. The van der Waals surface area contributed by atoms with Crippen LogP contribution in [0, 0.1) is 11.3 Å². The van der Waals surface area contributed by atoms with Crippen LogP contribution in [-0.4, -0.2) is 12.4 Å². The van der Waals surface area contributed by atoms with Crippen LogP contribution in [-0.2, 0) is 0 Å². The predicted molar refractivity (Wildman–Crippen MR) is 78.8 cm³/mol. The van der Waals surface area contributed by atoms with Crippen molar-refractivity contribution in [2.24, 2.45) is 0 Å². The number of halogens is 1. The van der Waals surface area contributed by atoms with E-state index in [-0.39, 0.29) is 0 Å². The average Bonchev–Trinajstić information content (AvgIpc) is 2.46. The van der Waals surface area contributed by atoms with Crippen molar-refractivity contribution in [1.82, 2.24) is 0 Å². The van der Waals surface area contributed by atoms with Gasteiger partial charge in [0.1, 0.15) is 5.75 Å². The first-order valence-corrected chi connectivity index (χ1v) is 7.16. The fraction of sp³-hybridized carbons (Fsp3) is 0.133. The summed E-state index contributed by atoms with van der Waals surface area (Å²) in [4.78, 5) is 1.22. The van der Waals surface area contributed by atoms with E-state index in [1.165, 1.54) is 4.90 Å². The summed E-state index contributed by atoms with van der Waals surface area (Å²) in [6.07, 6.45) is 0. The molecule has 0 aromatic heterocycles. The Hall–Kier alpha value is -1.63. The van der Waals surface area contributed by atoms with E-state index in [2.05, 4.69) is 12.1 Å². The number of hydrogen-bond donors (Lipinski definition) is 0. The van der Waals surface area contributed by atoms with Gasteiger partial charge in [0.25, 0.3) is 0 Å². The van der Waals surface area contributed by atoms with E-state index in [4.69, 9.17) is 21.6 Å². The SMILES string of the molecule is N#Cc1ccc(OCCSc2ccccc2)c(Cl)c1. The number of thioether (sulfide) groups is 1. The molecule has 4 heteroatoms. The van der Waals surface area contributed by atoms with E-state index in [9.17, 15) is 0 Å². The zero-order valence-electron chi connectivity index (χ0n) is 10.2. The Morgan fingerprint density at radius 3 is 2.63 bits per heavy atom. The smallest absolute Gasteiger partial charge is 0.138 e. The molecule has 2 rings (SSSR count). The highest BCUT2D eigenvalue weighted by atomic mass is 35.5. The molecule has 0 unspecified atom stereocenters. The lowest BCUT2D eigenvalue weighted by Gasteiger charge is -2.07. The molecule has 0 bridgehead atoms. The normalized spacial score (nSPS) is 9.89. The van der Waals surface area contributed by atoms with E-state index in [1.54, 1.807) is 30.0 Å². The van der Waals surface area contributed by atoms with E-state index in [1.807, 2.05) is 24.3 Å². The first kappa shape index (κ1) is 13.8. The van der Waals surface area contributed by atoms with Crippen LogP contribution in [0.5, 0.6) is 5.75 Å². The third-order valence-corrected chi connectivity index (χ3v) is 3.69. The Morgan fingerprint density at radius 2 is 1.95 bits per heavy atom. The van der Waals surface area contributed by atoms with Crippen molar-refractivity contribution in [3.8, 4) is 11.8 Å². The largest absolute Gasteiger partial charge is 0.491 e. The Bertz CT molecular complexity index is 580. The lowest BCUT2D eigenvalue weighted by Crippen LogP contribution is -2.00. The van der Waals surface area contributed by atoms with Gasteiger partial charge in [0.15, 0.2) is 0 Å². The molecule has 2 nitrogen and oxygen atoms in total. The summed E-state index contributed by atoms with van der Waals surface area (Å²) in [5, 5.41) is 9.22. The number of nitrogens with zero attached hydrogens (tertiary/aromatic N) is 1. The van der Waals surface area contributed by atoms with Gasteiger partial charge in [-0.05, 0) is 30.3 Å². The first-order valence-electron chi connectivity index (χ1n) is 5.80. The molecule has 0 saturated carbocycles. The second-order valence-corrected chi connectivity index (χ2v) is 5.34. The maximum absolute atomic E-state index is 8.74. The van der Waals surface area contributed by atoms with Crippen molar-refractivity contribution in [1.29, 1.82) is 5.26 Å². The molecular formula is C15H12ClNOS. The molecule has 0 heterocycles. The van der Waals surface area contributed by atoms with Crippen molar-refractivity contribution in [3.05, 3.63) is 59.1 Å². The molecule has 0 spiro atoms. The number of nitriles is 1. The van der Waals surface area contributed by atoms with E-state index in [0.717, 1.165) is 5.75 Å². The number of rotatable bonds is 5. The van der Waals surface area contributed by atoms with Crippen LogP contribution in [0.15, 0.2) is 53.4 Å². The van der Waals surface area contributed by atoms with Gasteiger partial charge in [0, 0.05) is 10.6 Å². The minimum atomic E-state index is 0.476. The molecule has 96 valence electrons. The van der Waals surface area contributed by atoms with Crippen molar-refractivity contribution in [3.63, 3.8) is 0 Å². The van der Waals surface area contributed by atoms with Crippen LogP contribution in [0.4, 0.5) is 0 Å². The van der Waals surface area contributed by atoms with Gasteiger partial charge < -0.3 is 4.74 Å². The summed E-state index contributed by atoms with van der Waals surface area (Å²) in [6.45, 7) is 0.575. The van der Waals surface area contributed by atoms with Crippen molar-refractivity contribution in [2.45, 2.75) is 4.90 Å². The Morgan fingerprint density at radius 1 is 1.16 bits per heavy atom. The van der Waals surface area contributed by atoms with Crippen LogP contribution in [0.3, 0.4) is 0 Å². The van der Waals surface area contributed by atoms with E-state index in [0.29, 0.717) is 22.9 Å². The third kappa shape index (κ3) is 4.20. The lowest BCUT2D eigenvalue weighted by atomic mass is 10.2. The lowest BCUT2D eigenvalue weighted by molar-refractivity contribution is 0.344. The minimum Gasteiger partial charge on any atom is -0.491 e. The third-order valence-electron chi connectivity index (χ3n) is 2.41. The van der Waals surface area contributed by atoms with Crippen LogP contribution < -0.4 is 4.74 Å². The maximum Gasteiger partial charge on any atom is 0.138 e. The second kappa shape index (κ2) is 7.08. The zero-order chi connectivity index (χ0) is 13.5. The standard InChI is InChI=1S/C15H12ClNOS/c16-14-10-12(11-17)6-7-15(14)18-8-9-19-13-4-2-1-3-5-13/h1-7,10H,8-9H2. The zero-order valence-corrected chi connectivity index (χ0v) is 11.7. The van der Waals surface area contributed by atoms with Gasteiger partial charge in [-0.25, -0.2) is 0 Å². The van der Waals surface area contributed by atoms with Gasteiger partial charge in [-0.3, -0.25) is 0 Å². The summed E-state index contributed by atoms with van der Waals surface area (Å²) < 4.78 is 5.60. The van der Waals surface area contributed by atoms with Crippen LogP contribution >= 0.6 is 23.4 Å². The minimum absolute atomic E-state index is 0.476. The number of ether oxygens (including phenoxy) is 1. The van der Waals surface area contributed by atoms with Crippen molar-refractivity contribution >= 4 is 23.4 Å². The molecule has 0 aliphatic rings. The van der Waals surface area contributed by atoms with Gasteiger partial charge in [0.2, 0.25) is 0 Å². The van der Waals surface area contributed by atoms with Crippen LogP contribution in [0.1, 0.15) is 5.56 Å². The maximum atomic E-state index is 8.74. The molecule has 0 saturated heterocycles. The molecule has 0 aliphatic heterocycles. The molecule has 0 amide bonds. The van der Waals surface area contributed by atoms with Gasteiger partial charge in [-0.2, -0.15) is 5.26 Å². The number of benzene rings is 2. The Labute approximate surface area is 122 Å². The van der Waals surface area contributed by atoms with E-state index >= 15 is 0 Å². The van der Waals surface area contributed by atoms with Gasteiger partial charge in [0.05, 0.1) is 23.3 Å². The summed E-state index contributed by atoms with van der Waals surface area (Å²) in [5.41, 5.74) is 0.538. The highest BCUT2D eigenvalue weighted by Crippen LogP contribution is 2.25. The van der Waals surface area contributed by atoms with Crippen molar-refractivity contribution < 1.29 is 4.74 Å². The molecule has 0 N–H and O–H groups in total. The van der Waals surface area contributed by atoms with Gasteiger partial charge in [-0.15, -0.1) is 11.8 Å². The summed E-state index contributed by atoms with van der Waals surface area (Å²) in [6, 6.07) is 17.2. The molecule has 0 aliphatic carbocycles. The fourth-order valence-corrected chi connectivity index (χ4v) is 2.50. The van der Waals surface area contributed by atoms with Crippen LogP contribution in [0.2, 0.25) is 5.02 Å².